The summed E-state index contributed by atoms with van der Waals surface area (Å²) in [6.45, 7) is 2.15. The normalized spacial score (nSPS) is 26.5. The van der Waals surface area contributed by atoms with Crippen molar-refractivity contribution in [3.05, 3.63) is 0 Å². The van der Waals surface area contributed by atoms with Crippen LogP contribution < -0.4 is 0 Å². The van der Waals surface area contributed by atoms with E-state index in [2.05, 4.69) is 4.90 Å². The summed E-state index contributed by atoms with van der Waals surface area (Å²) in [6.07, 6.45) is 3.51. The van der Waals surface area contributed by atoms with Gasteiger partial charge in [0.2, 0.25) is 0 Å². The van der Waals surface area contributed by atoms with Crippen LogP contribution in [-0.2, 0) is 4.79 Å². The molecule has 1 aliphatic rings. The molecule has 3 nitrogen and oxygen atoms in total. The zero-order valence-corrected chi connectivity index (χ0v) is 8.49. The lowest BCUT2D eigenvalue weighted by molar-refractivity contribution is -0.122. The third-order valence-corrected chi connectivity index (χ3v) is 2.99. The van der Waals surface area contributed by atoms with E-state index < -0.39 is 0 Å². The van der Waals surface area contributed by atoms with Gasteiger partial charge in [0.15, 0.2) is 0 Å². The molecule has 1 aliphatic carbocycles. The van der Waals surface area contributed by atoms with Crippen molar-refractivity contribution in [3.8, 4) is 0 Å². The Morgan fingerprint density at radius 1 is 1.69 bits per heavy atom. The van der Waals surface area contributed by atoms with Crippen molar-refractivity contribution in [1.82, 2.24) is 4.90 Å². The number of likely N-dealkylation sites (N-methyl/N-ethyl adjacent to an activating group) is 1. The van der Waals surface area contributed by atoms with E-state index in [-0.39, 0.29) is 12.6 Å². The van der Waals surface area contributed by atoms with E-state index in [1.54, 1.807) is 0 Å². The van der Waals surface area contributed by atoms with Crippen LogP contribution in [0.5, 0.6) is 0 Å². The molecule has 0 bridgehead atoms. The number of hydrogen-bond donors (Lipinski definition) is 1. The van der Waals surface area contributed by atoms with Crippen molar-refractivity contribution in [3.63, 3.8) is 0 Å². The van der Waals surface area contributed by atoms with Crippen LogP contribution in [0.1, 0.15) is 32.6 Å². The molecule has 0 amide bonds. The van der Waals surface area contributed by atoms with Gasteiger partial charge in [-0.1, -0.05) is 0 Å². The first-order valence-electron chi connectivity index (χ1n) is 4.99. The molecule has 1 saturated carbocycles. The minimum atomic E-state index is 0.163. The molecule has 2 unspecified atom stereocenters. The molecule has 0 aromatic heterocycles. The van der Waals surface area contributed by atoms with Gasteiger partial charge < -0.3 is 5.11 Å². The number of aliphatic hydroxyl groups excluding tert-OH is 1. The number of ketones is 1. The molecule has 0 aromatic carbocycles. The standard InChI is InChI=1S/C10H19NO2/c1-8(7-12)11(2)9-4-3-5-10(13)6-9/h8-9,12H,3-7H2,1-2H3. The summed E-state index contributed by atoms with van der Waals surface area (Å²) in [5.41, 5.74) is 0. The van der Waals surface area contributed by atoms with Crippen LogP contribution in [0.25, 0.3) is 0 Å². The monoisotopic (exact) mass is 185 g/mol. The molecule has 0 aliphatic heterocycles. The highest BCUT2D eigenvalue weighted by Gasteiger charge is 2.25. The van der Waals surface area contributed by atoms with Crippen molar-refractivity contribution in [1.29, 1.82) is 0 Å². The molecule has 0 radical (unpaired) electrons. The largest absolute Gasteiger partial charge is 0.395 e. The van der Waals surface area contributed by atoms with Gasteiger partial charge in [-0.3, -0.25) is 9.69 Å². The Bertz CT molecular complexity index is 182. The Kier molecular flexibility index (Phi) is 3.88. The van der Waals surface area contributed by atoms with Gasteiger partial charge in [0, 0.05) is 24.9 Å². The first-order chi connectivity index (χ1) is 6.15. The highest BCUT2D eigenvalue weighted by molar-refractivity contribution is 5.79. The Balaban J connectivity index is 2.45. The second-order valence-electron chi connectivity index (χ2n) is 3.99. The lowest BCUT2D eigenvalue weighted by Crippen LogP contribution is -2.43. The summed E-state index contributed by atoms with van der Waals surface area (Å²) in [5.74, 6) is 0.369. The van der Waals surface area contributed by atoms with E-state index in [0.29, 0.717) is 18.2 Å². The molecule has 76 valence electrons. The molecule has 0 spiro atoms. The summed E-state index contributed by atoms with van der Waals surface area (Å²) in [6, 6.07) is 0.513. The maximum atomic E-state index is 11.2. The number of Topliss-reactive ketones (excluding diaryl/α,β-unsaturated/α-hetero) is 1. The molecule has 1 N–H and O–H groups in total. The summed E-state index contributed by atoms with van der Waals surface area (Å²) in [4.78, 5) is 13.3. The van der Waals surface area contributed by atoms with Gasteiger partial charge in [0.05, 0.1) is 6.61 Å². The van der Waals surface area contributed by atoms with Gasteiger partial charge in [-0.05, 0) is 26.8 Å². The Morgan fingerprint density at radius 3 is 2.92 bits per heavy atom. The van der Waals surface area contributed by atoms with Crippen LogP contribution in [-0.4, -0.2) is 41.5 Å². The fraction of sp³-hybridized carbons (Fsp3) is 0.900. The van der Waals surface area contributed by atoms with Crippen molar-refractivity contribution in [2.24, 2.45) is 0 Å². The lowest BCUT2D eigenvalue weighted by atomic mass is 9.93. The molecule has 13 heavy (non-hydrogen) atoms. The summed E-state index contributed by atoms with van der Waals surface area (Å²) >= 11 is 0. The van der Waals surface area contributed by atoms with Gasteiger partial charge in [-0.25, -0.2) is 0 Å². The van der Waals surface area contributed by atoms with Gasteiger partial charge in [-0.2, -0.15) is 0 Å². The third-order valence-electron chi connectivity index (χ3n) is 2.99. The van der Waals surface area contributed by atoms with E-state index in [1.807, 2.05) is 14.0 Å². The fourth-order valence-corrected chi connectivity index (χ4v) is 1.84. The van der Waals surface area contributed by atoms with Gasteiger partial charge in [0.1, 0.15) is 5.78 Å². The quantitative estimate of drug-likeness (QED) is 0.707. The summed E-state index contributed by atoms with van der Waals surface area (Å²) in [5, 5.41) is 8.98. The first-order valence-corrected chi connectivity index (χ1v) is 4.99. The average molecular weight is 185 g/mol. The predicted molar refractivity (Wildman–Crippen MR) is 51.6 cm³/mol. The SMILES string of the molecule is CC(CO)N(C)C1CCCC(=O)C1. The molecule has 0 saturated heterocycles. The maximum Gasteiger partial charge on any atom is 0.134 e. The maximum absolute atomic E-state index is 11.2. The van der Waals surface area contributed by atoms with Crippen molar-refractivity contribution < 1.29 is 9.90 Å². The molecule has 1 fully saturated rings. The van der Waals surface area contributed by atoms with Crippen LogP contribution >= 0.6 is 0 Å². The van der Waals surface area contributed by atoms with Gasteiger partial charge >= 0.3 is 0 Å². The topological polar surface area (TPSA) is 40.5 Å². The Labute approximate surface area is 79.7 Å². The Morgan fingerprint density at radius 2 is 2.38 bits per heavy atom. The van der Waals surface area contributed by atoms with E-state index in [4.69, 9.17) is 5.11 Å². The second kappa shape index (κ2) is 4.72. The predicted octanol–water partition coefficient (Wildman–Crippen LogP) is 0.811. The molecule has 0 aromatic rings. The Hall–Kier alpha value is -0.410. The fourth-order valence-electron chi connectivity index (χ4n) is 1.84. The van der Waals surface area contributed by atoms with Crippen LogP contribution in [0, 0.1) is 0 Å². The lowest BCUT2D eigenvalue weighted by Gasteiger charge is -2.34. The smallest absolute Gasteiger partial charge is 0.134 e. The number of aliphatic hydroxyl groups is 1. The van der Waals surface area contributed by atoms with Crippen LogP contribution in [0.2, 0.25) is 0 Å². The number of hydrogen-bond acceptors (Lipinski definition) is 3. The van der Waals surface area contributed by atoms with Crippen LogP contribution in [0.4, 0.5) is 0 Å². The minimum Gasteiger partial charge on any atom is -0.395 e. The average Bonchev–Trinajstić information content (AvgIpc) is 2.15. The van der Waals surface area contributed by atoms with Crippen molar-refractivity contribution in [2.75, 3.05) is 13.7 Å². The molecule has 1 rings (SSSR count). The van der Waals surface area contributed by atoms with Gasteiger partial charge in [0.25, 0.3) is 0 Å². The van der Waals surface area contributed by atoms with Crippen LogP contribution in [0.15, 0.2) is 0 Å². The number of carbonyl (C=O) groups is 1. The summed E-state index contributed by atoms with van der Waals surface area (Å²) < 4.78 is 0. The molecule has 0 heterocycles. The highest BCUT2D eigenvalue weighted by Crippen LogP contribution is 2.20. The van der Waals surface area contributed by atoms with E-state index >= 15 is 0 Å². The minimum absolute atomic E-state index is 0.163. The molecular weight excluding hydrogens is 166 g/mol. The first kappa shape index (κ1) is 10.7. The summed E-state index contributed by atoms with van der Waals surface area (Å²) in [7, 11) is 1.99. The number of carbonyl (C=O) groups excluding carboxylic acids is 1. The van der Waals surface area contributed by atoms with E-state index in [9.17, 15) is 4.79 Å². The van der Waals surface area contributed by atoms with Crippen molar-refractivity contribution >= 4 is 5.78 Å². The molecular formula is C10H19NO2. The van der Waals surface area contributed by atoms with E-state index in [1.165, 1.54) is 0 Å². The molecule has 3 heteroatoms. The number of rotatable bonds is 3. The molecule has 2 atom stereocenters. The second-order valence-corrected chi connectivity index (χ2v) is 3.99. The van der Waals surface area contributed by atoms with E-state index in [0.717, 1.165) is 19.3 Å². The zero-order chi connectivity index (χ0) is 9.84. The third kappa shape index (κ3) is 2.78. The zero-order valence-electron chi connectivity index (χ0n) is 8.49. The number of nitrogens with zero attached hydrogens (tertiary/aromatic N) is 1. The van der Waals surface area contributed by atoms with Crippen molar-refractivity contribution in [2.45, 2.75) is 44.7 Å². The van der Waals surface area contributed by atoms with Gasteiger partial charge in [-0.15, -0.1) is 0 Å². The van der Waals surface area contributed by atoms with Crippen LogP contribution in [0.3, 0.4) is 0 Å². The highest BCUT2D eigenvalue weighted by atomic mass is 16.3.